The molecule has 0 aliphatic rings. The lowest BCUT2D eigenvalue weighted by molar-refractivity contribution is -0.180. The molecule has 0 saturated heterocycles. The molecular formula is C30H49NO17. The summed E-state index contributed by atoms with van der Waals surface area (Å²) in [6.45, 7) is 7.01. The number of methoxy groups -OCH3 is 1. The Balaban J connectivity index is 4.85. The van der Waals surface area contributed by atoms with E-state index in [0.717, 1.165) is 6.92 Å². The molecule has 18 heteroatoms. The number of nitrogens with one attached hydrogen (secondary N) is 1. The topological polar surface area (TPSA) is 235 Å². The van der Waals surface area contributed by atoms with Crippen LogP contribution >= 0.6 is 0 Å². The Bertz CT molecular complexity index is 1050. The third-order valence-corrected chi connectivity index (χ3v) is 6.04. The van der Waals surface area contributed by atoms with Crippen molar-refractivity contribution >= 4 is 41.9 Å². The van der Waals surface area contributed by atoms with E-state index < -0.39 is 85.0 Å². The molecular weight excluding hydrogens is 646 g/mol. The number of carbonyl (C=O) groups is 7. The van der Waals surface area contributed by atoms with E-state index in [-0.39, 0.29) is 33.0 Å². The summed E-state index contributed by atoms with van der Waals surface area (Å²) < 4.78 is 45.1. The normalized spacial score (nSPS) is 14.5. The van der Waals surface area contributed by atoms with Crippen molar-refractivity contribution in [3.05, 3.63) is 0 Å². The van der Waals surface area contributed by atoms with Gasteiger partial charge in [-0.05, 0) is 53.9 Å². The second-order valence-electron chi connectivity index (χ2n) is 10.7. The van der Waals surface area contributed by atoms with E-state index in [1.165, 1.54) is 41.7 Å². The Morgan fingerprint density at radius 2 is 1.21 bits per heavy atom. The second-order valence-corrected chi connectivity index (χ2v) is 10.7. The molecule has 1 unspecified atom stereocenters. The monoisotopic (exact) mass is 695 g/mol. The van der Waals surface area contributed by atoms with Gasteiger partial charge in [0.05, 0.1) is 26.4 Å². The molecule has 0 aromatic carbocycles. The van der Waals surface area contributed by atoms with Crippen LogP contribution in [0.4, 0.5) is 4.79 Å². The molecule has 0 heterocycles. The lowest BCUT2D eigenvalue weighted by Crippen LogP contribution is -2.43. The first-order chi connectivity index (χ1) is 22.5. The second kappa shape index (κ2) is 24.2. The molecule has 0 aromatic heterocycles. The van der Waals surface area contributed by atoms with Crippen molar-refractivity contribution in [2.24, 2.45) is 5.41 Å². The van der Waals surface area contributed by atoms with Gasteiger partial charge in [-0.2, -0.15) is 0 Å². The van der Waals surface area contributed by atoms with Crippen molar-refractivity contribution in [2.45, 2.75) is 85.2 Å². The summed E-state index contributed by atoms with van der Waals surface area (Å²) in [7, 11) is 1.50. The summed E-state index contributed by atoms with van der Waals surface area (Å²) in [5.74, 6) is -5.30. The quantitative estimate of drug-likeness (QED) is 0.0788. The van der Waals surface area contributed by atoms with Crippen molar-refractivity contribution < 1.29 is 81.3 Å². The maximum absolute atomic E-state index is 12.9. The third-order valence-electron chi connectivity index (χ3n) is 6.04. The highest BCUT2D eigenvalue weighted by Gasteiger charge is 2.39. The maximum Gasteiger partial charge on any atom is 0.407 e. The zero-order valence-corrected chi connectivity index (χ0v) is 28.6. The number of hydrogen-bond acceptors (Lipinski definition) is 17. The Labute approximate surface area is 279 Å². The predicted octanol–water partition coefficient (Wildman–Crippen LogP) is 0.378. The van der Waals surface area contributed by atoms with E-state index >= 15 is 0 Å². The van der Waals surface area contributed by atoms with E-state index in [0.29, 0.717) is 25.9 Å². The lowest BCUT2D eigenvalue weighted by Gasteiger charge is -2.27. The minimum absolute atomic E-state index is 0.0412. The number of ether oxygens (including phenoxy) is 9. The van der Waals surface area contributed by atoms with Crippen LogP contribution in [0, 0.1) is 5.41 Å². The fourth-order valence-electron chi connectivity index (χ4n) is 3.22. The van der Waals surface area contributed by atoms with Crippen molar-refractivity contribution in [1.82, 2.24) is 5.32 Å². The predicted molar refractivity (Wildman–Crippen MR) is 161 cm³/mol. The van der Waals surface area contributed by atoms with E-state index in [2.05, 4.69) is 5.32 Å². The van der Waals surface area contributed by atoms with Crippen LogP contribution in [0.1, 0.15) is 60.8 Å². The van der Waals surface area contributed by atoms with Crippen LogP contribution in [0.15, 0.2) is 0 Å². The van der Waals surface area contributed by atoms with Gasteiger partial charge in [-0.3, -0.25) is 9.59 Å². The van der Waals surface area contributed by atoms with Gasteiger partial charge in [0, 0.05) is 20.6 Å². The Morgan fingerprint density at radius 3 is 1.81 bits per heavy atom. The van der Waals surface area contributed by atoms with E-state index in [1.807, 2.05) is 0 Å². The maximum atomic E-state index is 12.9. The first kappa shape index (κ1) is 44.0. The molecule has 0 aliphatic carbocycles. The van der Waals surface area contributed by atoms with Gasteiger partial charge in [-0.15, -0.1) is 0 Å². The molecule has 2 N–H and O–H groups in total. The molecule has 0 rings (SSSR count). The summed E-state index contributed by atoms with van der Waals surface area (Å²) in [5, 5.41) is 11.6. The average molecular weight is 696 g/mol. The first-order valence-corrected chi connectivity index (χ1v) is 15.3. The number of esters is 6. The molecule has 0 spiro atoms. The average Bonchev–Trinajstić information content (AvgIpc) is 3.02. The van der Waals surface area contributed by atoms with Gasteiger partial charge in [0.15, 0.2) is 18.3 Å². The van der Waals surface area contributed by atoms with Gasteiger partial charge in [-0.25, -0.2) is 24.0 Å². The standard InChI is InChI=1S/C30H49NO17/c1-19(32)24(34)47-20(2)25(35)42-12-10-8-9-11-31-29(39)45-18-30(6,28(38)43-16-15-41-14-13-40-7)17-44-26(36)21(3)48-27(37)22(4)46-23(5)33/h19-22,32H,8-18H2,1-7H3,(H,31,39)/t19-,20+,21-,22+,30?/m0/s1. The number of aliphatic hydroxyl groups is 1. The number of alkyl carbamates (subject to hydrolysis) is 1. The molecule has 0 bridgehead atoms. The van der Waals surface area contributed by atoms with Gasteiger partial charge < -0.3 is 53.1 Å². The molecule has 18 nitrogen and oxygen atoms in total. The SMILES string of the molecule is COCCOCCOC(=O)C(C)(COC(=O)NCCCCCOC(=O)[C@@H](C)OC(=O)[C@H](C)O)COC(=O)[C@H](C)OC(=O)[C@@H](C)OC(C)=O. The summed E-state index contributed by atoms with van der Waals surface area (Å²) >= 11 is 0. The zero-order valence-electron chi connectivity index (χ0n) is 28.6. The number of rotatable bonds is 24. The van der Waals surface area contributed by atoms with Crippen LogP contribution in [-0.4, -0.2) is 131 Å². The van der Waals surface area contributed by atoms with Crippen LogP contribution < -0.4 is 5.32 Å². The van der Waals surface area contributed by atoms with Gasteiger partial charge in [-0.1, -0.05) is 0 Å². The van der Waals surface area contributed by atoms with Crippen molar-refractivity contribution in [2.75, 3.05) is 59.9 Å². The Morgan fingerprint density at radius 1 is 0.646 bits per heavy atom. The molecule has 48 heavy (non-hydrogen) atoms. The Kier molecular flexibility index (Phi) is 22.1. The highest BCUT2D eigenvalue weighted by Crippen LogP contribution is 2.21. The molecule has 0 fully saturated rings. The number of carbonyl (C=O) groups excluding carboxylic acids is 7. The number of unbranched alkanes of at least 4 members (excludes halogenated alkanes) is 2. The van der Waals surface area contributed by atoms with Crippen LogP contribution in [0.25, 0.3) is 0 Å². The number of hydrogen-bond donors (Lipinski definition) is 2. The van der Waals surface area contributed by atoms with Crippen molar-refractivity contribution in [1.29, 1.82) is 0 Å². The molecule has 5 atom stereocenters. The first-order valence-electron chi connectivity index (χ1n) is 15.3. The minimum Gasteiger partial charge on any atom is -0.463 e. The minimum atomic E-state index is -1.67. The molecule has 276 valence electrons. The van der Waals surface area contributed by atoms with Crippen LogP contribution in [0.2, 0.25) is 0 Å². The zero-order chi connectivity index (χ0) is 36.7. The van der Waals surface area contributed by atoms with Crippen molar-refractivity contribution in [3.63, 3.8) is 0 Å². The van der Waals surface area contributed by atoms with E-state index in [1.54, 1.807) is 0 Å². The van der Waals surface area contributed by atoms with Crippen LogP contribution in [-0.2, 0) is 71.4 Å². The van der Waals surface area contributed by atoms with Gasteiger partial charge in [0.1, 0.15) is 31.3 Å². The summed E-state index contributed by atoms with van der Waals surface area (Å²) in [4.78, 5) is 84.0. The van der Waals surface area contributed by atoms with E-state index in [9.17, 15) is 33.6 Å². The molecule has 0 aliphatic heterocycles. The largest absolute Gasteiger partial charge is 0.463 e. The fraction of sp³-hybridized carbons (Fsp3) is 0.767. The molecule has 1 amide bonds. The molecule has 0 radical (unpaired) electrons. The lowest BCUT2D eigenvalue weighted by atomic mass is 9.93. The van der Waals surface area contributed by atoms with Gasteiger partial charge >= 0.3 is 41.9 Å². The smallest absolute Gasteiger partial charge is 0.407 e. The fourth-order valence-corrected chi connectivity index (χ4v) is 3.22. The highest BCUT2D eigenvalue weighted by molar-refractivity contribution is 5.83. The third kappa shape index (κ3) is 19.6. The number of aliphatic hydroxyl groups excluding tert-OH is 1. The van der Waals surface area contributed by atoms with Crippen molar-refractivity contribution in [3.8, 4) is 0 Å². The number of amides is 1. The molecule has 0 aromatic rings. The molecule has 0 saturated carbocycles. The van der Waals surface area contributed by atoms with Crippen LogP contribution in [0.5, 0.6) is 0 Å². The van der Waals surface area contributed by atoms with E-state index in [4.69, 9.17) is 47.7 Å². The van der Waals surface area contributed by atoms with Gasteiger partial charge in [0.2, 0.25) is 0 Å². The summed E-state index contributed by atoms with van der Waals surface area (Å²) in [5.41, 5.74) is -1.67. The Hall–Kier alpha value is -4.03. The highest BCUT2D eigenvalue weighted by atomic mass is 16.6. The van der Waals surface area contributed by atoms with Crippen LogP contribution in [0.3, 0.4) is 0 Å². The summed E-state index contributed by atoms with van der Waals surface area (Å²) in [6.07, 6.45) is -4.63. The van der Waals surface area contributed by atoms with Gasteiger partial charge in [0.25, 0.3) is 0 Å². The summed E-state index contributed by atoms with van der Waals surface area (Å²) in [6, 6.07) is 0.